The highest BCUT2D eigenvalue weighted by molar-refractivity contribution is 5.96. The predicted octanol–water partition coefficient (Wildman–Crippen LogP) is 4.27. The number of aliphatic hydroxyl groups is 1. The third-order valence-electron chi connectivity index (χ3n) is 8.98. The van der Waals surface area contributed by atoms with Crippen molar-refractivity contribution in [2.24, 2.45) is 40.2 Å². The van der Waals surface area contributed by atoms with Gasteiger partial charge in [-0.05, 0) is 84.2 Å². The minimum Gasteiger partial charge on any atom is -0.396 e. The van der Waals surface area contributed by atoms with E-state index in [1.54, 1.807) is 0 Å². The molecule has 26 heavy (non-hydrogen) atoms. The lowest BCUT2D eigenvalue weighted by atomic mass is 9.45. The Kier molecular flexibility index (Phi) is 4.15. The van der Waals surface area contributed by atoms with Gasteiger partial charge in [-0.25, -0.2) is 4.39 Å². The summed E-state index contributed by atoms with van der Waals surface area (Å²) in [6.07, 6.45) is 6.38. The van der Waals surface area contributed by atoms with Gasteiger partial charge < -0.3 is 10.8 Å². The van der Waals surface area contributed by atoms with Crippen molar-refractivity contribution in [2.75, 3.05) is 6.61 Å². The Balaban J connectivity index is 1.74. The molecule has 4 heteroatoms. The summed E-state index contributed by atoms with van der Waals surface area (Å²) in [5.74, 6) is 1.73. The standard InChI is InChI=1S/C22H32FNO2/c1-12-10-19(26)20(24)17-5-4-13-14-6-7-16(18(23)11-25)21(14,2)9-8-15(13)22(12,17)3/h12-15,25H,4-11,24H2,1-3H3/t12-,13-,14-,15-,21-,22+/m0/s1. The van der Waals surface area contributed by atoms with Gasteiger partial charge in [-0.15, -0.1) is 0 Å². The molecule has 144 valence electrons. The average Bonchev–Trinajstić information content (AvgIpc) is 2.97. The molecule has 6 atom stereocenters. The van der Waals surface area contributed by atoms with Crippen molar-refractivity contribution in [3.8, 4) is 0 Å². The topological polar surface area (TPSA) is 63.3 Å². The summed E-state index contributed by atoms with van der Waals surface area (Å²) >= 11 is 0. The van der Waals surface area contributed by atoms with E-state index < -0.39 is 6.61 Å². The number of carbonyl (C=O) groups excluding carboxylic acids is 1. The van der Waals surface area contributed by atoms with Crippen LogP contribution in [0.25, 0.3) is 0 Å². The Bertz CT molecular complexity index is 711. The fourth-order valence-corrected chi connectivity index (χ4v) is 7.45. The highest BCUT2D eigenvalue weighted by Crippen LogP contribution is 2.68. The van der Waals surface area contributed by atoms with Crippen molar-refractivity contribution in [2.45, 2.75) is 65.7 Å². The highest BCUT2D eigenvalue weighted by atomic mass is 19.1. The van der Waals surface area contributed by atoms with Crippen LogP contribution in [-0.2, 0) is 4.79 Å². The second-order valence-electron chi connectivity index (χ2n) is 9.66. The lowest BCUT2D eigenvalue weighted by Crippen LogP contribution is -2.53. The Morgan fingerprint density at radius 1 is 1.23 bits per heavy atom. The van der Waals surface area contributed by atoms with Crippen LogP contribution < -0.4 is 5.73 Å². The molecule has 0 aromatic carbocycles. The maximum absolute atomic E-state index is 14.3. The molecule has 0 spiro atoms. The molecule has 4 rings (SSSR count). The van der Waals surface area contributed by atoms with Crippen molar-refractivity contribution in [3.05, 3.63) is 22.7 Å². The van der Waals surface area contributed by atoms with Crippen LogP contribution >= 0.6 is 0 Å². The zero-order valence-electron chi connectivity index (χ0n) is 16.3. The molecule has 0 saturated heterocycles. The van der Waals surface area contributed by atoms with Crippen LogP contribution in [0.1, 0.15) is 65.7 Å². The molecule has 3 nitrogen and oxygen atoms in total. The Hall–Kier alpha value is -1.16. The van der Waals surface area contributed by atoms with Crippen LogP contribution in [-0.4, -0.2) is 17.5 Å². The summed E-state index contributed by atoms with van der Waals surface area (Å²) in [6, 6.07) is 0. The van der Waals surface area contributed by atoms with E-state index in [2.05, 4.69) is 20.8 Å². The predicted molar refractivity (Wildman–Crippen MR) is 99.6 cm³/mol. The van der Waals surface area contributed by atoms with Gasteiger partial charge in [0, 0.05) is 6.42 Å². The van der Waals surface area contributed by atoms with Crippen LogP contribution in [0.2, 0.25) is 0 Å². The molecule has 0 aliphatic heterocycles. The Morgan fingerprint density at radius 2 is 1.96 bits per heavy atom. The number of hydrogen-bond donors (Lipinski definition) is 2. The minimum absolute atomic E-state index is 0.00420. The van der Waals surface area contributed by atoms with Crippen molar-refractivity contribution >= 4 is 5.78 Å². The number of nitrogens with two attached hydrogens (primary N) is 1. The zero-order chi connectivity index (χ0) is 18.9. The molecule has 3 N–H and O–H groups in total. The van der Waals surface area contributed by atoms with Gasteiger partial charge in [-0.1, -0.05) is 20.8 Å². The van der Waals surface area contributed by atoms with Gasteiger partial charge in [0.25, 0.3) is 0 Å². The van der Waals surface area contributed by atoms with Gasteiger partial charge in [0.05, 0.1) is 12.3 Å². The van der Waals surface area contributed by atoms with E-state index in [-0.39, 0.29) is 22.4 Å². The number of rotatable bonds is 1. The summed E-state index contributed by atoms with van der Waals surface area (Å²) in [6.45, 7) is 6.31. The molecule has 4 aliphatic carbocycles. The van der Waals surface area contributed by atoms with Crippen LogP contribution in [0, 0.1) is 34.5 Å². The maximum atomic E-state index is 14.3. The summed E-state index contributed by atoms with van der Waals surface area (Å²) in [5, 5.41) is 9.33. The van der Waals surface area contributed by atoms with E-state index in [4.69, 9.17) is 5.73 Å². The molecule has 3 fully saturated rings. The number of hydrogen-bond acceptors (Lipinski definition) is 3. The number of Topliss-reactive ketones (excluding diaryl/α,β-unsaturated/α-hetero) is 1. The normalized spacial score (nSPS) is 47.3. The van der Waals surface area contributed by atoms with Gasteiger partial charge >= 0.3 is 0 Å². The Labute approximate surface area is 155 Å². The SMILES string of the molecule is C[C@H]1CC(=O)C(N)=C2CC[C@@H]3[C@H](CC[C@]4(C)C(=C(F)CO)CC[C@@H]34)[C@]21C. The Morgan fingerprint density at radius 3 is 2.65 bits per heavy atom. The van der Waals surface area contributed by atoms with Gasteiger partial charge in [-0.3, -0.25) is 4.79 Å². The molecule has 0 bridgehead atoms. The number of fused-ring (bicyclic) bond motifs is 5. The lowest BCUT2D eigenvalue weighted by molar-refractivity contribution is -0.121. The van der Waals surface area contributed by atoms with E-state index in [9.17, 15) is 14.3 Å². The average molecular weight is 362 g/mol. The molecule has 0 unspecified atom stereocenters. The summed E-state index contributed by atoms with van der Waals surface area (Å²) in [7, 11) is 0. The third-order valence-corrected chi connectivity index (χ3v) is 8.98. The fourth-order valence-electron chi connectivity index (χ4n) is 7.45. The summed E-state index contributed by atoms with van der Waals surface area (Å²) in [5.41, 5.74) is 8.78. The molecule has 0 amide bonds. The number of ketones is 1. The molecule has 4 aliphatic rings. The molecule has 0 aromatic rings. The molecule has 0 heterocycles. The quantitative estimate of drug-likeness (QED) is 0.733. The lowest BCUT2D eigenvalue weighted by Gasteiger charge is -2.59. The first-order chi connectivity index (χ1) is 12.2. The fraction of sp³-hybridized carbons (Fsp3) is 0.773. The van der Waals surface area contributed by atoms with Crippen molar-refractivity contribution in [1.82, 2.24) is 0 Å². The first-order valence-corrected chi connectivity index (χ1v) is 10.3. The van der Waals surface area contributed by atoms with Gasteiger partial charge in [0.15, 0.2) is 5.78 Å². The van der Waals surface area contributed by atoms with Gasteiger partial charge in [-0.2, -0.15) is 0 Å². The van der Waals surface area contributed by atoms with Crippen LogP contribution in [0.3, 0.4) is 0 Å². The maximum Gasteiger partial charge on any atom is 0.178 e. The molecular formula is C22H32FNO2. The monoisotopic (exact) mass is 361 g/mol. The number of halogens is 1. The highest BCUT2D eigenvalue weighted by Gasteiger charge is 2.60. The third kappa shape index (κ3) is 2.17. The van der Waals surface area contributed by atoms with E-state index in [1.807, 2.05) is 0 Å². The van der Waals surface area contributed by atoms with Crippen LogP contribution in [0.15, 0.2) is 22.7 Å². The number of allylic oxidation sites excluding steroid dienone is 2. The smallest absolute Gasteiger partial charge is 0.178 e. The second kappa shape index (κ2) is 5.92. The molecule has 3 saturated carbocycles. The van der Waals surface area contributed by atoms with Gasteiger partial charge in [0.1, 0.15) is 5.83 Å². The summed E-state index contributed by atoms with van der Waals surface area (Å²) in [4.78, 5) is 12.3. The van der Waals surface area contributed by atoms with Crippen molar-refractivity contribution < 1.29 is 14.3 Å². The largest absolute Gasteiger partial charge is 0.396 e. The molecule has 0 radical (unpaired) electrons. The first kappa shape index (κ1) is 18.2. The second-order valence-corrected chi connectivity index (χ2v) is 9.66. The van der Waals surface area contributed by atoms with E-state index >= 15 is 0 Å². The molecular weight excluding hydrogens is 329 g/mol. The summed E-state index contributed by atoms with van der Waals surface area (Å²) < 4.78 is 14.3. The van der Waals surface area contributed by atoms with E-state index in [0.717, 1.165) is 44.1 Å². The number of carbonyl (C=O) groups is 1. The van der Waals surface area contributed by atoms with Crippen molar-refractivity contribution in [1.29, 1.82) is 0 Å². The van der Waals surface area contributed by atoms with Gasteiger partial charge in [0.2, 0.25) is 0 Å². The minimum atomic E-state index is -0.466. The number of aliphatic hydroxyl groups excluding tert-OH is 1. The first-order valence-electron chi connectivity index (χ1n) is 10.3. The van der Waals surface area contributed by atoms with Crippen LogP contribution in [0.5, 0.6) is 0 Å². The van der Waals surface area contributed by atoms with E-state index in [0.29, 0.717) is 35.8 Å². The van der Waals surface area contributed by atoms with Crippen LogP contribution in [0.4, 0.5) is 4.39 Å². The molecule has 0 aromatic heterocycles. The zero-order valence-corrected chi connectivity index (χ0v) is 16.3. The van der Waals surface area contributed by atoms with Crippen molar-refractivity contribution in [3.63, 3.8) is 0 Å². The van der Waals surface area contributed by atoms with E-state index in [1.165, 1.54) is 5.57 Å².